The molecular weight excluding hydrogens is 296 g/mol. The maximum absolute atomic E-state index is 11.6. The number of nitrogens with zero attached hydrogens (tertiary/aromatic N) is 1. The van der Waals surface area contributed by atoms with E-state index in [0.717, 1.165) is 21.7 Å². The highest BCUT2D eigenvalue weighted by atomic mass is 35.5. The molecule has 0 radical (unpaired) electrons. The van der Waals surface area contributed by atoms with Crippen LogP contribution in [0.25, 0.3) is 11.3 Å². The average molecular weight is 313 g/mol. The molecule has 2 aromatic rings. The van der Waals surface area contributed by atoms with Gasteiger partial charge in [0.25, 0.3) is 0 Å². The van der Waals surface area contributed by atoms with E-state index >= 15 is 0 Å². The molecule has 0 saturated carbocycles. The first-order chi connectivity index (χ1) is 9.51. The third kappa shape index (κ3) is 3.49. The van der Waals surface area contributed by atoms with Crippen molar-refractivity contribution in [1.29, 1.82) is 0 Å². The zero-order valence-electron chi connectivity index (χ0n) is 11.4. The fourth-order valence-corrected chi connectivity index (χ4v) is 3.05. The minimum absolute atomic E-state index is 0.0694. The smallest absolute Gasteiger partial charge is 0.305 e. The fourth-order valence-electron chi connectivity index (χ4n) is 2.00. The first kappa shape index (κ1) is 15.3. The molecule has 0 aliphatic carbocycles. The molecule has 0 fully saturated rings. The van der Waals surface area contributed by atoms with E-state index in [2.05, 4.69) is 4.98 Å². The standard InChI is InChI=1S/C14H17ClN2O2S/c1-9-7-10(3-4-11(9)15)13-12(20-14(19)16-13)8-17(2)5-6-18/h3-4,7,18H,5-6,8H2,1-2H3,(H,16,19). The Kier molecular flexibility index (Phi) is 4.99. The van der Waals surface area contributed by atoms with Crippen LogP contribution in [0.4, 0.5) is 0 Å². The normalized spacial score (nSPS) is 11.2. The Hall–Kier alpha value is -1.14. The molecular formula is C14H17ClN2O2S. The monoisotopic (exact) mass is 312 g/mol. The van der Waals surface area contributed by atoms with Crippen molar-refractivity contribution < 1.29 is 5.11 Å². The van der Waals surface area contributed by atoms with Crippen LogP contribution in [0.2, 0.25) is 5.02 Å². The van der Waals surface area contributed by atoms with E-state index in [9.17, 15) is 4.79 Å². The van der Waals surface area contributed by atoms with Crippen LogP contribution >= 0.6 is 22.9 Å². The Morgan fingerprint density at radius 1 is 1.45 bits per heavy atom. The average Bonchev–Trinajstić information content (AvgIpc) is 2.74. The third-order valence-electron chi connectivity index (χ3n) is 3.06. The summed E-state index contributed by atoms with van der Waals surface area (Å²) >= 11 is 7.24. The van der Waals surface area contributed by atoms with Crippen LogP contribution in [-0.2, 0) is 6.54 Å². The molecule has 108 valence electrons. The summed E-state index contributed by atoms with van der Waals surface area (Å²) in [7, 11) is 1.91. The maximum atomic E-state index is 11.6. The molecule has 4 nitrogen and oxygen atoms in total. The van der Waals surface area contributed by atoms with Crippen LogP contribution < -0.4 is 4.87 Å². The number of nitrogens with one attached hydrogen (secondary N) is 1. The predicted molar refractivity (Wildman–Crippen MR) is 83.5 cm³/mol. The summed E-state index contributed by atoms with van der Waals surface area (Å²) in [4.78, 5) is 17.4. The van der Waals surface area contributed by atoms with E-state index in [4.69, 9.17) is 16.7 Å². The molecule has 2 N–H and O–H groups in total. The number of aromatic nitrogens is 1. The molecule has 1 aromatic carbocycles. The van der Waals surface area contributed by atoms with Crippen molar-refractivity contribution in [2.24, 2.45) is 0 Å². The topological polar surface area (TPSA) is 56.3 Å². The minimum Gasteiger partial charge on any atom is -0.395 e. The number of aromatic amines is 1. The number of hydrogen-bond donors (Lipinski definition) is 2. The molecule has 1 heterocycles. The van der Waals surface area contributed by atoms with Gasteiger partial charge in [-0.05, 0) is 37.2 Å². The second-order valence-electron chi connectivity index (χ2n) is 4.74. The molecule has 0 atom stereocenters. The third-order valence-corrected chi connectivity index (χ3v) is 4.35. The SMILES string of the molecule is Cc1cc(-c2[nH]c(=O)sc2CN(C)CCO)ccc1Cl. The number of halogens is 1. The molecule has 0 aliphatic heterocycles. The fraction of sp³-hybridized carbons (Fsp3) is 0.357. The summed E-state index contributed by atoms with van der Waals surface area (Å²) < 4.78 is 0. The van der Waals surface area contributed by atoms with Gasteiger partial charge in [-0.1, -0.05) is 29.0 Å². The first-order valence-electron chi connectivity index (χ1n) is 6.29. The summed E-state index contributed by atoms with van der Waals surface area (Å²) in [5, 5.41) is 9.66. The number of hydrogen-bond acceptors (Lipinski definition) is 4. The van der Waals surface area contributed by atoms with Gasteiger partial charge in [-0.2, -0.15) is 0 Å². The highest BCUT2D eigenvalue weighted by molar-refractivity contribution is 7.09. The van der Waals surface area contributed by atoms with Crippen LogP contribution in [0.5, 0.6) is 0 Å². The number of benzene rings is 1. The number of H-pyrrole nitrogens is 1. The summed E-state index contributed by atoms with van der Waals surface area (Å²) in [5.41, 5.74) is 2.77. The molecule has 6 heteroatoms. The van der Waals surface area contributed by atoms with Crippen LogP contribution in [0, 0.1) is 6.92 Å². The van der Waals surface area contributed by atoms with Gasteiger partial charge in [0, 0.05) is 23.0 Å². The van der Waals surface area contributed by atoms with Gasteiger partial charge in [0.2, 0.25) is 0 Å². The zero-order valence-corrected chi connectivity index (χ0v) is 13.0. The van der Waals surface area contributed by atoms with E-state index in [1.807, 2.05) is 37.1 Å². The van der Waals surface area contributed by atoms with Crippen molar-refractivity contribution in [3.05, 3.63) is 43.3 Å². The summed E-state index contributed by atoms with van der Waals surface area (Å²) in [6, 6.07) is 5.71. The molecule has 2 rings (SSSR count). The number of aliphatic hydroxyl groups is 1. The summed E-state index contributed by atoms with van der Waals surface area (Å²) in [6.45, 7) is 3.24. The molecule has 0 bridgehead atoms. The second-order valence-corrected chi connectivity index (χ2v) is 6.21. The number of likely N-dealkylation sites (N-methyl/N-ethyl adjacent to an activating group) is 1. The Morgan fingerprint density at radius 2 is 2.20 bits per heavy atom. The largest absolute Gasteiger partial charge is 0.395 e. The number of aryl methyl sites for hydroxylation is 1. The van der Waals surface area contributed by atoms with Crippen LogP contribution in [0.3, 0.4) is 0 Å². The number of rotatable bonds is 5. The van der Waals surface area contributed by atoms with Gasteiger partial charge in [0.15, 0.2) is 0 Å². The lowest BCUT2D eigenvalue weighted by molar-refractivity contribution is 0.218. The van der Waals surface area contributed by atoms with Crippen molar-refractivity contribution in [2.45, 2.75) is 13.5 Å². The lowest BCUT2D eigenvalue weighted by Gasteiger charge is -2.14. The summed E-state index contributed by atoms with van der Waals surface area (Å²) in [6.07, 6.45) is 0. The first-order valence-corrected chi connectivity index (χ1v) is 7.48. The van der Waals surface area contributed by atoms with Crippen LogP contribution in [0.15, 0.2) is 23.0 Å². The lowest BCUT2D eigenvalue weighted by atomic mass is 10.1. The Bertz CT molecular complexity index is 651. The Labute approximate surface area is 126 Å². The minimum atomic E-state index is -0.0694. The second kappa shape index (κ2) is 6.54. The molecule has 0 aliphatic rings. The molecule has 0 saturated heterocycles. The predicted octanol–water partition coefficient (Wildman–Crippen LogP) is 2.49. The highest BCUT2D eigenvalue weighted by Crippen LogP contribution is 2.27. The van der Waals surface area contributed by atoms with Gasteiger partial charge in [0.05, 0.1) is 12.3 Å². The van der Waals surface area contributed by atoms with Crippen LogP contribution in [0.1, 0.15) is 10.4 Å². The van der Waals surface area contributed by atoms with Gasteiger partial charge in [-0.3, -0.25) is 9.69 Å². The van der Waals surface area contributed by atoms with Crippen molar-refractivity contribution in [1.82, 2.24) is 9.88 Å². The summed E-state index contributed by atoms with van der Waals surface area (Å²) in [5.74, 6) is 0. The van der Waals surface area contributed by atoms with Gasteiger partial charge in [0.1, 0.15) is 0 Å². The highest BCUT2D eigenvalue weighted by Gasteiger charge is 2.13. The molecule has 0 unspecified atom stereocenters. The van der Waals surface area contributed by atoms with Crippen molar-refractivity contribution >= 4 is 22.9 Å². The zero-order chi connectivity index (χ0) is 14.7. The van der Waals surface area contributed by atoms with Gasteiger partial charge in [-0.15, -0.1) is 0 Å². The van der Waals surface area contributed by atoms with Gasteiger partial charge in [-0.25, -0.2) is 0 Å². The molecule has 1 aromatic heterocycles. The number of thiazole rings is 1. The van der Waals surface area contributed by atoms with Gasteiger partial charge >= 0.3 is 4.87 Å². The number of aliphatic hydroxyl groups excluding tert-OH is 1. The van der Waals surface area contributed by atoms with Crippen molar-refractivity contribution in [3.8, 4) is 11.3 Å². The maximum Gasteiger partial charge on any atom is 0.305 e. The van der Waals surface area contributed by atoms with E-state index in [0.29, 0.717) is 18.1 Å². The molecule has 0 spiro atoms. The Morgan fingerprint density at radius 3 is 2.85 bits per heavy atom. The van der Waals surface area contributed by atoms with Crippen molar-refractivity contribution in [3.63, 3.8) is 0 Å². The van der Waals surface area contributed by atoms with Gasteiger partial charge < -0.3 is 10.1 Å². The van der Waals surface area contributed by atoms with Crippen LogP contribution in [-0.4, -0.2) is 35.2 Å². The quantitative estimate of drug-likeness (QED) is 0.892. The van der Waals surface area contributed by atoms with Crippen molar-refractivity contribution in [2.75, 3.05) is 20.2 Å². The van der Waals surface area contributed by atoms with E-state index in [-0.39, 0.29) is 11.5 Å². The van der Waals surface area contributed by atoms with E-state index in [1.165, 1.54) is 11.3 Å². The Balaban J connectivity index is 2.36. The molecule has 20 heavy (non-hydrogen) atoms. The molecule has 0 amide bonds. The van der Waals surface area contributed by atoms with E-state index < -0.39 is 0 Å². The van der Waals surface area contributed by atoms with E-state index in [1.54, 1.807) is 0 Å². The lowest BCUT2D eigenvalue weighted by Crippen LogP contribution is -2.21.